The number of pyridine rings is 1. The first kappa shape index (κ1) is 11.9. The molecule has 0 N–H and O–H groups in total. The van der Waals surface area contributed by atoms with Gasteiger partial charge in [0.2, 0.25) is 0 Å². The summed E-state index contributed by atoms with van der Waals surface area (Å²) < 4.78 is 25.8. The monoisotopic (exact) mass is 285 g/mol. The van der Waals surface area contributed by atoms with E-state index >= 15 is 0 Å². The van der Waals surface area contributed by atoms with E-state index in [2.05, 4.69) is 10.2 Å². The van der Waals surface area contributed by atoms with E-state index in [0.717, 1.165) is 12.8 Å². The second-order valence-corrected chi connectivity index (χ2v) is 7.14. The highest BCUT2D eigenvalue weighted by Gasteiger charge is 2.34. The lowest BCUT2D eigenvalue weighted by Crippen LogP contribution is -2.23. The van der Waals surface area contributed by atoms with Gasteiger partial charge >= 0.3 is 0 Å². The second kappa shape index (κ2) is 4.20. The van der Waals surface area contributed by atoms with Crippen LogP contribution in [0.5, 0.6) is 0 Å². The number of hydrogen-bond donors (Lipinski definition) is 0. The Bertz CT molecular complexity index is 695. The molecule has 7 heteroatoms. The molecule has 0 saturated carbocycles. The van der Waals surface area contributed by atoms with Gasteiger partial charge in [-0.25, -0.2) is 8.42 Å². The molecular weight excluding hydrogens is 274 g/mol. The molecule has 1 aliphatic heterocycles. The van der Waals surface area contributed by atoms with Gasteiger partial charge < -0.3 is 0 Å². The highest BCUT2D eigenvalue weighted by molar-refractivity contribution is 7.91. The van der Waals surface area contributed by atoms with Crippen LogP contribution < -0.4 is 0 Å². The molecule has 0 aliphatic carbocycles. The molecule has 96 valence electrons. The summed E-state index contributed by atoms with van der Waals surface area (Å²) in [7, 11) is -3.14. The number of aromatic nitrogens is 3. The molecule has 3 rings (SSSR count). The standard InChI is InChI=1S/C11H12ClN3O2S/c12-9-5-3-6-10-13-14-11(15(9)10)8-4-1-2-7-18(8,16)17/h3,5-6,8H,1-2,4,7H2. The SMILES string of the molecule is O=S1(=O)CCCCC1c1nnc2cccc(Cl)n12. The summed E-state index contributed by atoms with van der Waals surface area (Å²) in [5.74, 6) is 0.659. The lowest BCUT2D eigenvalue weighted by atomic mass is 10.2. The smallest absolute Gasteiger partial charge is 0.161 e. The van der Waals surface area contributed by atoms with E-state index in [4.69, 9.17) is 11.6 Å². The Kier molecular flexibility index (Phi) is 2.79. The van der Waals surface area contributed by atoms with Gasteiger partial charge in [-0.3, -0.25) is 4.40 Å². The fraction of sp³-hybridized carbons (Fsp3) is 0.455. The summed E-state index contributed by atoms with van der Waals surface area (Å²) in [6.07, 6.45) is 2.21. The zero-order valence-corrected chi connectivity index (χ0v) is 11.2. The van der Waals surface area contributed by atoms with Crippen molar-refractivity contribution in [3.8, 4) is 0 Å². The fourth-order valence-corrected chi connectivity index (χ4v) is 4.51. The first-order valence-corrected chi connectivity index (χ1v) is 7.90. The van der Waals surface area contributed by atoms with Crippen LogP contribution in [-0.4, -0.2) is 28.8 Å². The lowest BCUT2D eigenvalue weighted by molar-refractivity contribution is 0.537. The van der Waals surface area contributed by atoms with Crippen molar-refractivity contribution in [1.29, 1.82) is 0 Å². The predicted octanol–water partition coefficient (Wildman–Crippen LogP) is 2.02. The van der Waals surface area contributed by atoms with E-state index in [0.29, 0.717) is 23.0 Å². The summed E-state index contributed by atoms with van der Waals surface area (Å²) in [6.45, 7) is 0. The lowest BCUT2D eigenvalue weighted by Gasteiger charge is -2.20. The maximum absolute atomic E-state index is 12.1. The summed E-state index contributed by atoms with van der Waals surface area (Å²) in [5, 5.41) is 7.87. The molecule has 5 nitrogen and oxygen atoms in total. The molecule has 1 atom stereocenters. The van der Waals surface area contributed by atoms with E-state index < -0.39 is 15.1 Å². The summed E-state index contributed by atoms with van der Waals surface area (Å²) in [6, 6.07) is 5.24. The Balaban J connectivity index is 2.20. The molecule has 18 heavy (non-hydrogen) atoms. The number of rotatable bonds is 1. The van der Waals surface area contributed by atoms with Gasteiger partial charge in [-0.05, 0) is 25.0 Å². The van der Waals surface area contributed by atoms with Crippen molar-refractivity contribution in [2.45, 2.75) is 24.5 Å². The van der Waals surface area contributed by atoms with Crippen LogP contribution in [0.4, 0.5) is 0 Å². The molecule has 1 fully saturated rings. The number of hydrogen-bond acceptors (Lipinski definition) is 4. The largest absolute Gasteiger partial charge is 0.268 e. The van der Waals surface area contributed by atoms with Gasteiger partial charge in [0.1, 0.15) is 10.4 Å². The third-order valence-corrected chi connectivity index (χ3v) is 5.74. The molecule has 0 bridgehead atoms. The minimum Gasteiger partial charge on any atom is -0.268 e. The molecule has 1 saturated heterocycles. The first-order valence-electron chi connectivity index (χ1n) is 5.81. The van der Waals surface area contributed by atoms with Crippen molar-refractivity contribution in [3.63, 3.8) is 0 Å². The summed E-state index contributed by atoms with van der Waals surface area (Å²) in [4.78, 5) is 0. The van der Waals surface area contributed by atoms with Crippen LogP contribution >= 0.6 is 11.6 Å². The molecule has 1 aliphatic rings. The third kappa shape index (κ3) is 1.80. The molecular formula is C11H12ClN3O2S. The van der Waals surface area contributed by atoms with Gasteiger partial charge in [0.15, 0.2) is 21.3 Å². The second-order valence-electron chi connectivity index (χ2n) is 4.45. The highest BCUT2D eigenvalue weighted by atomic mass is 35.5. The van der Waals surface area contributed by atoms with Gasteiger partial charge in [0.25, 0.3) is 0 Å². The highest BCUT2D eigenvalue weighted by Crippen LogP contribution is 2.33. The number of halogens is 1. The zero-order chi connectivity index (χ0) is 12.8. The van der Waals surface area contributed by atoms with Crippen LogP contribution in [0.25, 0.3) is 5.65 Å². The van der Waals surface area contributed by atoms with Crippen molar-refractivity contribution < 1.29 is 8.42 Å². The average molecular weight is 286 g/mol. The third-order valence-electron chi connectivity index (χ3n) is 3.27. The minimum absolute atomic E-state index is 0.219. The maximum atomic E-state index is 12.1. The normalized spacial score (nSPS) is 23.3. The van der Waals surface area contributed by atoms with Gasteiger partial charge in [0, 0.05) is 0 Å². The van der Waals surface area contributed by atoms with Crippen molar-refractivity contribution >= 4 is 27.1 Å². The zero-order valence-electron chi connectivity index (χ0n) is 9.58. The van der Waals surface area contributed by atoms with Gasteiger partial charge in [-0.1, -0.05) is 24.1 Å². The van der Waals surface area contributed by atoms with Crippen LogP contribution in [-0.2, 0) is 9.84 Å². The molecule has 2 aromatic heterocycles. The molecule has 0 amide bonds. The van der Waals surface area contributed by atoms with Crippen molar-refractivity contribution in [2.24, 2.45) is 0 Å². The number of nitrogens with zero attached hydrogens (tertiary/aromatic N) is 3. The minimum atomic E-state index is -3.14. The van der Waals surface area contributed by atoms with Crippen molar-refractivity contribution in [2.75, 3.05) is 5.75 Å². The maximum Gasteiger partial charge on any atom is 0.161 e. The Labute approximate surface area is 110 Å². The van der Waals surface area contributed by atoms with Crippen molar-refractivity contribution in [3.05, 3.63) is 29.2 Å². The summed E-state index contributed by atoms with van der Waals surface area (Å²) >= 11 is 6.10. The van der Waals surface area contributed by atoms with Crippen LogP contribution in [0.1, 0.15) is 30.3 Å². The Hall–Kier alpha value is -1.14. The van der Waals surface area contributed by atoms with Crippen LogP contribution in [0.2, 0.25) is 5.15 Å². The van der Waals surface area contributed by atoms with E-state index in [1.807, 2.05) is 0 Å². The van der Waals surface area contributed by atoms with Crippen LogP contribution in [0, 0.1) is 0 Å². The molecule has 1 unspecified atom stereocenters. The number of fused-ring (bicyclic) bond motifs is 1. The van der Waals surface area contributed by atoms with E-state index in [1.54, 1.807) is 22.6 Å². The van der Waals surface area contributed by atoms with Gasteiger partial charge in [-0.15, -0.1) is 10.2 Å². The first-order chi connectivity index (χ1) is 8.59. The van der Waals surface area contributed by atoms with Crippen molar-refractivity contribution in [1.82, 2.24) is 14.6 Å². The predicted molar refractivity (Wildman–Crippen MR) is 68.4 cm³/mol. The van der Waals surface area contributed by atoms with Gasteiger partial charge in [-0.2, -0.15) is 0 Å². The average Bonchev–Trinajstić information content (AvgIpc) is 2.73. The fourth-order valence-electron chi connectivity index (χ4n) is 2.38. The summed E-state index contributed by atoms with van der Waals surface area (Å²) in [5.41, 5.74) is 0.582. The molecule has 0 aromatic carbocycles. The van der Waals surface area contributed by atoms with Crippen LogP contribution in [0.15, 0.2) is 18.2 Å². The van der Waals surface area contributed by atoms with E-state index in [9.17, 15) is 8.42 Å². The van der Waals surface area contributed by atoms with E-state index in [1.165, 1.54) is 0 Å². The molecule has 0 spiro atoms. The Morgan fingerprint density at radius 2 is 2.11 bits per heavy atom. The topological polar surface area (TPSA) is 64.3 Å². The number of sulfone groups is 1. The van der Waals surface area contributed by atoms with E-state index in [-0.39, 0.29) is 5.75 Å². The Morgan fingerprint density at radius 3 is 2.89 bits per heavy atom. The Morgan fingerprint density at radius 1 is 1.28 bits per heavy atom. The molecule has 3 heterocycles. The molecule has 2 aromatic rings. The van der Waals surface area contributed by atoms with Gasteiger partial charge in [0.05, 0.1) is 5.75 Å². The quantitative estimate of drug-likeness (QED) is 0.752. The molecule has 0 radical (unpaired) electrons. The van der Waals surface area contributed by atoms with Crippen LogP contribution in [0.3, 0.4) is 0 Å².